The van der Waals surface area contributed by atoms with Crippen LogP contribution in [0.15, 0.2) is 61.4 Å². The van der Waals surface area contributed by atoms with Crippen molar-refractivity contribution in [1.29, 1.82) is 0 Å². The Hall–Kier alpha value is -0.472. The summed E-state index contributed by atoms with van der Waals surface area (Å²) < 4.78 is 0. The van der Waals surface area contributed by atoms with Crippen LogP contribution in [0.25, 0.3) is 21.8 Å². The number of aromatic nitrogens is 4. The number of pyridine rings is 2. The van der Waals surface area contributed by atoms with Crippen LogP contribution in [0.2, 0.25) is 0 Å². The van der Waals surface area contributed by atoms with Crippen molar-refractivity contribution in [2.75, 3.05) is 0 Å². The summed E-state index contributed by atoms with van der Waals surface area (Å²) in [5, 5.41) is 2.31. The van der Waals surface area contributed by atoms with Crippen molar-refractivity contribution in [3.8, 4) is 0 Å². The van der Waals surface area contributed by atoms with Crippen LogP contribution in [0.4, 0.5) is 0 Å². The minimum atomic E-state index is 0.523. The molecule has 21 heavy (non-hydrogen) atoms. The van der Waals surface area contributed by atoms with E-state index in [1.165, 1.54) is 0 Å². The molecular weight excluding hydrogens is 673 g/mol. The van der Waals surface area contributed by atoms with Gasteiger partial charge in [-0.15, -0.1) is 11.0 Å². The summed E-state index contributed by atoms with van der Waals surface area (Å²) in [7, 11) is 0. The van der Waals surface area contributed by atoms with Crippen LogP contribution < -0.4 is 9.97 Å². The van der Waals surface area contributed by atoms with Gasteiger partial charge in [-0.25, -0.2) is 0 Å². The summed E-state index contributed by atoms with van der Waals surface area (Å²) in [5.74, 6) is 0. The van der Waals surface area contributed by atoms with Crippen molar-refractivity contribution in [2.24, 2.45) is 0 Å². The molecule has 0 aliphatic rings. The van der Waals surface area contributed by atoms with Crippen molar-refractivity contribution < 1.29 is 11.2 Å². The van der Waals surface area contributed by atoms with Gasteiger partial charge in [0.1, 0.15) is 0 Å². The Labute approximate surface area is 151 Å². The molecule has 0 spiro atoms. The van der Waals surface area contributed by atoms with Crippen LogP contribution in [0, 0.1) is 0 Å². The van der Waals surface area contributed by atoms with Gasteiger partial charge in [-0.3, -0.25) is 9.97 Å². The molecule has 0 amide bonds. The van der Waals surface area contributed by atoms with Gasteiger partial charge >= 0.3 is 49.9 Å². The van der Waals surface area contributed by atoms with Gasteiger partial charge in [0.2, 0.25) is 0 Å². The Morgan fingerprint density at radius 1 is 0.762 bits per heavy atom. The van der Waals surface area contributed by atoms with Gasteiger partial charge in [0.05, 0.1) is 0 Å². The number of hydrogen-bond donors (Lipinski definition) is 0. The molecule has 0 N–H and O–H groups in total. The third kappa shape index (κ3) is 5.34. The minimum Gasteiger partial charge on any atom is -0.662 e. The van der Waals surface area contributed by atoms with E-state index in [0.717, 1.165) is 21.8 Å². The summed E-state index contributed by atoms with van der Waals surface area (Å²) in [6.07, 6.45) is 10.6. The van der Waals surface area contributed by atoms with Crippen molar-refractivity contribution in [3.63, 3.8) is 0 Å². The van der Waals surface area contributed by atoms with E-state index in [1.54, 1.807) is 37.2 Å². The standard InChI is InChI=1S/2C7H5N2.2HI.Pt/c2*1-3-8-5-7-6(1)2-4-9-7;;;/h2*1-5H;2*1H;/q2*-1;;;+4/p-2. The zero-order valence-electron chi connectivity index (χ0n) is 10.6. The molecule has 4 nitrogen and oxygen atoms in total. The van der Waals surface area contributed by atoms with Crippen LogP contribution in [-0.4, -0.2) is 9.97 Å². The number of fused-ring (bicyclic) bond motifs is 2. The van der Waals surface area contributed by atoms with Gasteiger partial charge in [-0.05, 0) is 22.9 Å². The van der Waals surface area contributed by atoms with Gasteiger partial charge in [-0.1, -0.05) is 12.1 Å². The van der Waals surface area contributed by atoms with E-state index in [1.807, 2.05) is 24.3 Å². The topological polar surface area (TPSA) is 54.0 Å². The van der Waals surface area contributed by atoms with Crippen LogP contribution in [-0.2, 0) is 11.2 Å². The van der Waals surface area contributed by atoms with Gasteiger partial charge in [0.15, 0.2) is 0 Å². The maximum atomic E-state index is 4.06. The average molecular weight is 683 g/mol. The second-order valence-electron chi connectivity index (χ2n) is 3.80. The molecule has 0 fully saturated rings. The molecule has 0 aromatic carbocycles. The normalized spacial score (nSPS) is 9.81. The fourth-order valence-corrected chi connectivity index (χ4v) is 1.69. The molecule has 0 radical (unpaired) electrons. The van der Waals surface area contributed by atoms with E-state index >= 15 is 0 Å². The van der Waals surface area contributed by atoms with E-state index in [9.17, 15) is 0 Å². The molecule has 4 aromatic heterocycles. The second kappa shape index (κ2) is 9.53. The van der Waals surface area contributed by atoms with Gasteiger partial charge in [0, 0.05) is 24.8 Å². The SMILES string of the molecule is [I][Pt+2][I].c1cc2cc[n-]c2cn1.c1cc2cc[n-]c2cn1. The molecule has 0 atom stereocenters. The number of hydrogen-bond acceptors (Lipinski definition) is 2. The molecule has 7 heteroatoms. The zero-order valence-corrected chi connectivity index (χ0v) is 17.2. The third-order valence-corrected chi connectivity index (χ3v) is 2.60. The average Bonchev–Trinajstić information content (AvgIpc) is 3.17. The summed E-state index contributed by atoms with van der Waals surface area (Å²) in [6, 6.07) is 7.83. The molecular formula is C14H10I2N4Pt. The predicted molar refractivity (Wildman–Crippen MR) is 98.2 cm³/mol. The van der Waals surface area contributed by atoms with E-state index < -0.39 is 0 Å². The van der Waals surface area contributed by atoms with Crippen LogP contribution in [0.5, 0.6) is 0 Å². The predicted octanol–water partition coefficient (Wildman–Crippen LogP) is 4.15. The summed E-state index contributed by atoms with van der Waals surface area (Å²) in [5.41, 5.74) is 1.94. The molecule has 110 valence electrons. The van der Waals surface area contributed by atoms with Gasteiger partial charge in [-0.2, -0.15) is 12.4 Å². The summed E-state index contributed by atoms with van der Waals surface area (Å²) in [6.45, 7) is 0. The zero-order chi connectivity index (χ0) is 14.9. The second-order valence-corrected chi connectivity index (χ2v) is 20.4. The maximum absolute atomic E-state index is 4.06. The number of nitrogens with zero attached hydrogens (tertiary/aromatic N) is 4. The number of halogens is 2. The smallest absolute Gasteiger partial charge is 0.0272 e. The fraction of sp³-hybridized carbons (Fsp3) is 0. The molecule has 4 heterocycles. The molecule has 0 saturated carbocycles. The third-order valence-electron chi connectivity index (χ3n) is 2.60. The van der Waals surface area contributed by atoms with Crippen LogP contribution in [0.1, 0.15) is 0 Å². The van der Waals surface area contributed by atoms with Crippen molar-refractivity contribution in [1.82, 2.24) is 19.9 Å². The van der Waals surface area contributed by atoms with Gasteiger partial charge < -0.3 is 9.97 Å². The Bertz CT molecular complexity index is 658. The molecule has 0 unspecified atom stereocenters. The van der Waals surface area contributed by atoms with E-state index in [-0.39, 0.29) is 0 Å². The first-order valence-corrected chi connectivity index (χ1v) is 18.7. The first kappa shape index (κ1) is 16.9. The van der Waals surface area contributed by atoms with Crippen molar-refractivity contribution in [3.05, 3.63) is 61.4 Å². The van der Waals surface area contributed by atoms with E-state index in [4.69, 9.17) is 0 Å². The fourth-order valence-electron chi connectivity index (χ4n) is 1.69. The van der Waals surface area contributed by atoms with E-state index in [0.29, 0.717) is 11.2 Å². The molecule has 4 rings (SSSR count). The largest absolute Gasteiger partial charge is 0.662 e. The van der Waals surface area contributed by atoms with Crippen LogP contribution >= 0.6 is 38.7 Å². The first-order chi connectivity index (χ1) is 10.3. The molecule has 0 saturated heterocycles. The first-order valence-electron chi connectivity index (χ1n) is 5.80. The van der Waals surface area contributed by atoms with Crippen molar-refractivity contribution in [2.45, 2.75) is 0 Å². The van der Waals surface area contributed by atoms with Gasteiger partial charge in [0.25, 0.3) is 0 Å². The Balaban J connectivity index is 0.000000130. The Morgan fingerprint density at radius 2 is 1.19 bits per heavy atom. The summed E-state index contributed by atoms with van der Waals surface area (Å²) >= 11 is 5.30. The Morgan fingerprint density at radius 3 is 1.57 bits per heavy atom. The number of rotatable bonds is 0. The van der Waals surface area contributed by atoms with Crippen molar-refractivity contribution >= 4 is 60.5 Å². The Kier molecular flexibility index (Phi) is 7.66. The van der Waals surface area contributed by atoms with Crippen LogP contribution in [0.3, 0.4) is 0 Å². The molecule has 4 aromatic rings. The summed E-state index contributed by atoms with van der Waals surface area (Å²) in [4.78, 5) is 16.0. The molecule has 0 aliphatic heterocycles. The minimum absolute atomic E-state index is 0.523. The monoisotopic (exact) mass is 683 g/mol. The molecule has 0 aliphatic carbocycles. The quantitative estimate of drug-likeness (QED) is 0.262. The van der Waals surface area contributed by atoms with E-state index in [2.05, 4.69) is 58.6 Å². The maximum Gasteiger partial charge on any atom is 0.0272 e. The molecule has 0 bridgehead atoms.